The van der Waals surface area contributed by atoms with Crippen LogP contribution >= 0.6 is 0 Å². The third-order valence-corrected chi connectivity index (χ3v) is 7.22. The predicted octanol–water partition coefficient (Wildman–Crippen LogP) is 5.39. The number of halogens is 1. The molecule has 2 unspecified atom stereocenters. The van der Waals surface area contributed by atoms with Gasteiger partial charge < -0.3 is 14.8 Å². The SMILES string of the molecule is CC(=O)c1ccc(N(C(=O)C2COc3ccccc3O2)C(C(=O)NC2CCCCC2)c2ccc(F)cc2)cc1. The van der Waals surface area contributed by atoms with Crippen molar-refractivity contribution >= 4 is 23.3 Å². The van der Waals surface area contributed by atoms with E-state index in [1.54, 1.807) is 42.5 Å². The number of ketones is 1. The number of hydrogen-bond acceptors (Lipinski definition) is 5. The molecule has 2 atom stereocenters. The summed E-state index contributed by atoms with van der Waals surface area (Å²) in [6.45, 7) is 1.42. The molecule has 0 aromatic heterocycles. The van der Waals surface area contributed by atoms with Crippen LogP contribution in [0.4, 0.5) is 10.1 Å². The fourth-order valence-electron chi connectivity index (χ4n) is 5.15. The Balaban J connectivity index is 1.55. The first-order valence-electron chi connectivity index (χ1n) is 13.3. The Morgan fingerprint density at radius 2 is 1.56 bits per heavy atom. The second-order valence-corrected chi connectivity index (χ2v) is 9.97. The maximum atomic E-state index is 14.2. The van der Waals surface area contributed by atoms with E-state index >= 15 is 0 Å². The summed E-state index contributed by atoms with van der Waals surface area (Å²) in [5.41, 5.74) is 1.33. The van der Waals surface area contributed by atoms with E-state index in [9.17, 15) is 18.8 Å². The van der Waals surface area contributed by atoms with Gasteiger partial charge in [0.15, 0.2) is 17.3 Å². The molecule has 3 aromatic carbocycles. The summed E-state index contributed by atoms with van der Waals surface area (Å²) in [4.78, 5) is 41.5. The maximum Gasteiger partial charge on any atom is 0.272 e. The van der Waals surface area contributed by atoms with Gasteiger partial charge in [-0.2, -0.15) is 0 Å². The molecule has 1 heterocycles. The minimum Gasteiger partial charge on any atom is -0.485 e. The van der Waals surface area contributed by atoms with Crippen LogP contribution in [0.2, 0.25) is 0 Å². The van der Waals surface area contributed by atoms with Gasteiger partial charge in [-0.15, -0.1) is 0 Å². The van der Waals surface area contributed by atoms with E-state index in [1.807, 2.05) is 6.07 Å². The molecule has 202 valence electrons. The fraction of sp³-hybridized carbons (Fsp3) is 0.323. The molecule has 0 saturated heterocycles. The van der Waals surface area contributed by atoms with Crippen LogP contribution in [0.1, 0.15) is 61.0 Å². The summed E-state index contributed by atoms with van der Waals surface area (Å²) in [5.74, 6) is -0.467. The van der Waals surface area contributed by atoms with Gasteiger partial charge in [0.2, 0.25) is 12.0 Å². The Hall–Kier alpha value is -4.20. The summed E-state index contributed by atoms with van der Waals surface area (Å²) in [6.07, 6.45) is 3.86. The number of ether oxygens (including phenoxy) is 2. The molecule has 0 bridgehead atoms. The Kier molecular flexibility index (Phi) is 7.91. The molecule has 8 heteroatoms. The third kappa shape index (κ3) is 5.95. The van der Waals surface area contributed by atoms with Gasteiger partial charge in [-0.25, -0.2) is 4.39 Å². The molecule has 7 nitrogen and oxygen atoms in total. The standard InChI is InChI=1S/C31H31FN2O5/c1-20(35)21-13-17-25(18-14-21)34(31(37)28-19-38-26-9-5-6-10-27(26)39-28)29(22-11-15-23(32)16-12-22)30(36)33-24-7-3-2-4-8-24/h5-6,9-18,24,28-29H,2-4,7-8,19H2,1H3,(H,33,36). The van der Waals surface area contributed by atoms with Crippen LogP contribution in [0.25, 0.3) is 0 Å². The lowest BCUT2D eigenvalue weighted by Gasteiger charge is -2.36. The Morgan fingerprint density at radius 3 is 2.23 bits per heavy atom. The third-order valence-electron chi connectivity index (χ3n) is 7.22. The predicted molar refractivity (Wildman–Crippen MR) is 144 cm³/mol. The molecule has 1 N–H and O–H groups in total. The van der Waals surface area contributed by atoms with E-state index in [2.05, 4.69) is 5.32 Å². The zero-order chi connectivity index (χ0) is 27.4. The molecule has 1 saturated carbocycles. The number of anilines is 1. The molecular formula is C31H31FN2O5. The van der Waals surface area contributed by atoms with Gasteiger partial charge in [0.05, 0.1) is 0 Å². The van der Waals surface area contributed by atoms with E-state index in [0.717, 1.165) is 32.1 Å². The monoisotopic (exact) mass is 530 g/mol. The second kappa shape index (κ2) is 11.7. The number of fused-ring (bicyclic) bond motifs is 1. The van der Waals surface area contributed by atoms with Gasteiger partial charge in [-0.3, -0.25) is 19.3 Å². The number of amides is 2. The minimum absolute atomic E-state index is 0.00706. The molecule has 0 spiro atoms. The number of rotatable bonds is 7. The first kappa shape index (κ1) is 26.4. The van der Waals surface area contributed by atoms with Crippen molar-refractivity contribution in [3.63, 3.8) is 0 Å². The average Bonchev–Trinajstić information content (AvgIpc) is 2.96. The van der Waals surface area contributed by atoms with Crippen LogP contribution in [0.5, 0.6) is 11.5 Å². The first-order chi connectivity index (χ1) is 18.9. The number of benzene rings is 3. The highest BCUT2D eigenvalue weighted by Gasteiger charge is 2.39. The van der Waals surface area contributed by atoms with Gasteiger partial charge in [-0.05, 0) is 73.9 Å². The quantitative estimate of drug-likeness (QED) is 0.414. The van der Waals surface area contributed by atoms with Crippen LogP contribution < -0.4 is 19.7 Å². The van der Waals surface area contributed by atoms with Crippen molar-refractivity contribution in [2.24, 2.45) is 0 Å². The highest BCUT2D eigenvalue weighted by atomic mass is 19.1. The largest absolute Gasteiger partial charge is 0.485 e. The van der Waals surface area contributed by atoms with Gasteiger partial charge in [0.1, 0.15) is 18.5 Å². The summed E-state index contributed by atoms with van der Waals surface area (Å²) >= 11 is 0. The molecular weight excluding hydrogens is 499 g/mol. The minimum atomic E-state index is -1.11. The van der Waals surface area contributed by atoms with Gasteiger partial charge in [0.25, 0.3) is 5.91 Å². The van der Waals surface area contributed by atoms with E-state index < -0.39 is 23.9 Å². The van der Waals surface area contributed by atoms with Gasteiger partial charge in [0, 0.05) is 17.3 Å². The lowest BCUT2D eigenvalue weighted by molar-refractivity contribution is -0.132. The molecule has 1 aliphatic carbocycles. The summed E-state index contributed by atoms with van der Waals surface area (Å²) in [7, 11) is 0. The van der Waals surface area contributed by atoms with Gasteiger partial charge >= 0.3 is 0 Å². The number of nitrogens with zero attached hydrogens (tertiary/aromatic N) is 1. The highest BCUT2D eigenvalue weighted by Crippen LogP contribution is 2.35. The molecule has 39 heavy (non-hydrogen) atoms. The van der Waals surface area contributed by atoms with Crippen LogP contribution in [0.15, 0.2) is 72.8 Å². The van der Waals surface area contributed by atoms with Crippen LogP contribution in [0.3, 0.4) is 0 Å². The summed E-state index contributed by atoms with van der Waals surface area (Å²) in [6, 6.07) is 18.0. The number of carbonyl (C=O) groups is 3. The molecule has 3 aromatic rings. The average molecular weight is 531 g/mol. The van der Waals surface area contributed by atoms with Crippen molar-refractivity contribution in [2.75, 3.05) is 11.5 Å². The molecule has 2 amide bonds. The number of para-hydroxylation sites is 2. The number of nitrogens with one attached hydrogen (secondary N) is 1. The highest BCUT2D eigenvalue weighted by molar-refractivity contribution is 6.04. The smallest absolute Gasteiger partial charge is 0.272 e. The number of hydrogen-bond donors (Lipinski definition) is 1. The van der Waals surface area contributed by atoms with E-state index in [1.165, 1.54) is 36.1 Å². The molecule has 1 fully saturated rings. The van der Waals surface area contributed by atoms with E-state index in [4.69, 9.17) is 9.47 Å². The van der Waals surface area contributed by atoms with E-state index in [0.29, 0.717) is 28.3 Å². The molecule has 2 aliphatic rings. The Labute approximate surface area is 226 Å². The number of Topliss-reactive ketones (excluding diaryl/α,β-unsaturated/α-hetero) is 1. The second-order valence-electron chi connectivity index (χ2n) is 9.97. The van der Waals surface area contributed by atoms with Crippen LogP contribution in [0, 0.1) is 5.82 Å². The zero-order valence-corrected chi connectivity index (χ0v) is 21.8. The topological polar surface area (TPSA) is 84.9 Å². The number of carbonyl (C=O) groups excluding carboxylic acids is 3. The summed E-state index contributed by atoms with van der Waals surface area (Å²) in [5, 5.41) is 3.13. The molecule has 5 rings (SSSR count). The normalized spacial score (nSPS) is 17.6. The van der Waals surface area contributed by atoms with Crippen molar-refractivity contribution in [3.05, 3.63) is 89.7 Å². The Morgan fingerprint density at radius 1 is 0.897 bits per heavy atom. The summed E-state index contributed by atoms with van der Waals surface area (Å²) < 4.78 is 25.7. The van der Waals surface area contributed by atoms with Crippen molar-refractivity contribution < 1.29 is 28.2 Å². The van der Waals surface area contributed by atoms with Crippen LogP contribution in [-0.4, -0.2) is 36.4 Å². The maximum absolute atomic E-state index is 14.2. The zero-order valence-electron chi connectivity index (χ0n) is 21.8. The molecule has 0 radical (unpaired) electrons. The first-order valence-corrected chi connectivity index (χ1v) is 13.3. The van der Waals surface area contributed by atoms with Crippen molar-refractivity contribution in [1.82, 2.24) is 5.32 Å². The van der Waals surface area contributed by atoms with Crippen molar-refractivity contribution in [3.8, 4) is 11.5 Å². The fourth-order valence-corrected chi connectivity index (χ4v) is 5.15. The van der Waals surface area contributed by atoms with E-state index in [-0.39, 0.29) is 24.3 Å². The van der Waals surface area contributed by atoms with Crippen molar-refractivity contribution in [2.45, 2.75) is 57.2 Å². The Bertz CT molecular complexity index is 1340. The van der Waals surface area contributed by atoms with Crippen LogP contribution in [-0.2, 0) is 9.59 Å². The van der Waals surface area contributed by atoms with Gasteiger partial charge in [-0.1, -0.05) is 43.5 Å². The van der Waals surface area contributed by atoms with Crippen molar-refractivity contribution in [1.29, 1.82) is 0 Å². The molecule has 1 aliphatic heterocycles. The lowest BCUT2D eigenvalue weighted by Crippen LogP contribution is -2.52. The lowest BCUT2D eigenvalue weighted by atomic mass is 9.94.